The second-order valence-corrected chi connectivity index (χ2v) is 5.98. The summed E-state index contributed by atoms with van der Waals surface area (Å²) >= 11 is 3.43. The fraction of sp³-hybridized carbons (Fsp3) is 0.588. The van der Waals surface area contributed by atoms with Crippen LogP contribution in [0.3, 0.4) is 0 Å². The molecule has 3 nitrogen and oxygen atoms in total. The van der Waals surface area contributed by atoms with Gasteiger partial charge in [-0.15, -0.1) is 0 Å². The number of hydrogen-bond donors (Lipinski definition) is 0. The van der Waals surface area contributed by atoms with Gasteiger partial charge < -0.3 is 9.47 Å². The molecule has 0 aliphatic heterocycles. The molecule has 1 aromatic carbocycles. The van der Waals surface area contributed by atoms with Gasteiger partial charge in [-0.05, 0) is 34.5 Å². The standard InChI is InChI=1S/C17H25BrO3/c1-3-4-5-6-7-8-9-10-21-17-15(18)11-14(13-19)12-16(17)20-2/h11-13H,3-10H2,1-2H3. The van der Waals surface area contributed by atoms with Crippen LogP contribution in [0, 0.1) is 0 Å². The molecular weight excluding hydrogens is 332 g/mol. The Balaban J connectivity index is 2.36. The predicted octanol–water partition coefficient (Wildman–Crippen LogP) is 5.40. The maximum atomic E-state index is 10.8. The van der Waals surface area contributed by atoms with Crippen molar-refractivity contribution < 1.29 is 14.3 Å². The molecule has 0 aliphatic carbocycles. The minimum atomic E-state index is 0.571. The first-order valence-electron chi connectivity index (χ1n) is 7.68. The van der Waals surface area contributed by atoms with Crippen molar-refractivity contribution in [2.45, 2.75) is 51.9 Å². The molecule has 21 heavy (non-hydrogen) atoms. The Labute approximate surface area is 136 Å². The highest BCUT2D eigenvalue weighted by Gasteiger charge is 2.11. The second-order valence-electron chi connectivity index (χ2n) is 5.12. The highest BCUT2D eigenvalue weighted by atomic mass is 79.9. The summed E-state index contributed by atoms with van der Waals surface area (Å²) in [5.74, 6) is 1.27. The van der Waals surface area contributed by atoms with Crippen molar-refractivity contribution in [3.8, 4) is 11.5 Å². The molecule has 0 unspecified atom stereocenters. The third-order valence-corrected chi connectivity index (χ3v) is 3.97. The van der Waals surface area contributed by atoms with E-state index in [4.69, 9.17) is 9.47 Å². The van der Waals surface area contributed by atoms with E-state index in [1.807, 2.05) is 0 Å². The summed E-state index contributed by atoms with van der Waals surface area (Å²) in [6, 6.07) is 3.44. The van der Waals surface area contributed by atoms with Gasteiger partial charge in [0.2, 0.25) is 0 Å². The van der Waals surface area contributed by atoms with Crippen LogP contribution in [-0.2, 0) is 0 Å². The van der Waals surface area contributed by atoms with E-state index in [0.717, 1.165) is 17.2 Å². The molecule has 0 radical (unpaired) electrons. The molecule has 0 amide bonds. The highest BCUT2D eigenvalue weighted by molar-refractivity contribution is 9.10. The summed E-state index contributed by atoms with van der Waals surface area (Å²) < 4.78 is 11.8. The van der Waals surface area contributed by atoms with Gasteiger partial charge in [0.25, 0.3) is 0 Å². The van der Waals surface area contributed by atoms with Crippen LogP contribution in [0.4, 0.5) is 0 Å². The monoisotopic (exact) mass is 356 g/mol. The first-order valence-corrected chi connectivity index (χ1v) is 8.47. The average molecular weight is 357 g/mol. The summed E-state index contributed by atoms with van der Waals surface area (Å²) in [6.45, 7) is 2.90. The molecule has 0 bridgehead atoms. The Hall–Kier alpha value is -1.03. The lowest BCUT2D eigenvalue weighted by molar-refractivity contribution is 0.112. The molecule has 0 atom stereocenters. The van der Waals surface area contributed by atoms with E-state index in [9.17, 15) is 4.79 Å². The number of hydrogen-bond acceptors (Lipinski definition) is 3. The van der Waals surface area contributed by atoms with Crippen molar-refractivity contribution in [3.63, 3.8) is 0 Å². The molecule has 0 saturated heterocycles. The summed E-state index contributed by atoms with van der Waals surface area (Å²) in [6.07, 6.45) is 9.57. The van der Waals surface area contributed by atoms with Crippen molar-refractivity contribution in [1.29, 1.82) is 0 Å². The topological polar surface area (TPSA) is 35.5 Å². The number of benzene rings is 1. The minimum Gasteiger partial charge on any atom is -0.493 e. The molecule has 0 N–H and O–H groups in total. The SMILES string of the molecule is CCCCCCCCCOc1c(Br)cc(C=O)cc1OC. The lowest BCUT2D eigenvalue weighted by Gasteiger charge is -2.13. The minimum absolute atomic E-state index is 0.571. The van der Waals surface area contributed by atoms with Gasteiger partial charge in [0.05, 0.1) is 18.2 Å². The molecular formula is C17H25BrO3. The Morgan fingerprint density at radius 3 is 2.38 bits per heavy atom. The van der Waals surface area contributed by atoms with Gasteiger partial charge >= 0.3 is 0 Å². The van der Waals surface area contributed by atoms with E-state index in [-0.39, 0.29) is 0 Å². The molecule has 0 spiro atoms. The zero-order chi connectivity index (χ0) is 15.5. The third kappa shape index (κ3) is 6.51. The maximum Gasteiger partial charge on any atom is 0.175 e. The van der Waals surface area contributed by atoms with E-state index >= 15 is 0 Å². The maximum absolute atomic E-state index is 10.8. The van der Waals surface area contributed by atoms with E-state index in [2.05, 4.69) is 22.9 Å². The number of ether oxygens (including phenoxy) is 2. The average Bonchev–Trinajstić information content (AvgIpc) is 2.50. The summed E-state index contributed by atoms with van der Waals surface area (Å²) in [5.41, 5.74) is 0.571. The zero-order valence-electron chi connectivity index (χ0n) is 13.0. The third-order valence-electron chi connectivity index (χ3n) is 3.38. The molecule has 0 saturated carbocycles. The first-order chi connectivity index (χ1) is 10.2. The number of rotatable bonds is 11. The van der Waals surface area contributed by atoms with Crippen molar-refractivity contribution in [1.82, 2.24) is 0 Å². The number of aldehydes is 1. The van der Waals surface area contributed by atoms with Gasteiger partial charge in [-0.25, -0.2) is 0 Å². The Kier molecular flexibility index (Phi) is 9.15. The van der Waals surface area contributed by atoms with Gasteiger partial charge in [0.15, 0.2) is 11.5 Å². The van der Waals surface area contributed by atoms with Gasteiger partial charge in [-0.2, -0.15) is 0 Å². The number of halogens is 1. The molecule has 0 aromatic heterocycles. The fourth-order valence-electron chi connectivity index (χ4n) is 2.18. The van der Waals surface area contributed by atoms with Gasteiger partial charge in [0.1, 0.15) is 6.29 Å². The number of carbonyl (C=O) groups excluding carboxylic acids is 1. The first kappa shape index (κ1) is 18.0. The van der Waals surface area contributed by atoms with E-state index in [1.165, 1.54) is 38.5 Å². The molecule has 0 aliphatic rings. The Bertz CT molecular complexity index is 432. The van der Waals surface area contributed by atoms with Crippen LogP contribution < -0.4 is 9.47 Å². The number of methoxy groups -OCH3 is 1. The van der Waals surface area contributed by atoms with E-state index in [1.54, 1.807) is 19.2 Å². The van der Waals surface area contributed by atoms with Crippen LogP contribution in [0.1, 0.15) is 62.2 Å². The van der Waals surface area contributed by atoms with Crippen molar-refractivity contribution in [3.05, 3.63) is 22.2 Å². The highest BCUT2D eigenvalue weighted by Crippen LogP contribution is 2.36. The van der Waals surface area contributed by atoms with E-state index in [0.29, 0.717) is 23.7 Å². The van der Waals surface area contributed by atoms with Crippen LogP contribution in [-0.4, -0.2) is 20.0 Å². The van der Waals surface area contributed by atoms with Crippen LogP contribution in [0.15, 0.2) is 16.6 Å². The van der Waals surface area contributed by atoms with Crippen molar-refractivity contribution >= 4 is 22.2 Å². The summed E-state index contributed by atoms with van der Waals surface area (Å²) in [5, 5.41) is 0. The molecule has 1 aromatic rings. The van der Waals surface area contributed by atoms with Gasteiger partial charge in [-0.3, -0.25) is 4.79 Å². The lowest BCUT2D eigenvalue weighted by Crippen LogP contribution is -2.01. The smallest absolute Gasteiger partial charge is 0.175 e. The predicted molar refractivity (Wildman–Crippen MR) is 89.6 cm³/mol. The van der Waals surface area contributed by atoms with Crippen LogP contribution >= 0.6 is 15.9 Å². The molecule has 118 valence electrons. The molecule has 0 fully saturated rings. The Morgan fingerprint density at radius 2 is 1.76 bits per heavy atom. The van der Waals surface area contributed by atoms with Crippen molar-refractivity contribution in [2.24, 2.45) is 0 Å². The number of unbranched alkanes of at least 4 members (excludes halogenated alkanes) is 6. The van der Waals surface area contributed by atoms with Gasteiger partial charge in [-0.1, -0.05) is 45.4 Å². The molecule has 1 rings (SSSR count). The molecule has 4 heteroatoms. The van der Waals surface area contributed by atoms with E-state index < -0.39 is 0 Å². The zero-order valence-corrected chi connectivity index (χ0v) is 14.6. The van der Waals surface area contributed by atoms with Gasteiger partial charge in [0, 0.05) is 5.56 Å². The normalized spacial score (nSPS) is 10.4. The lowest BCUT2D eigenvalue weighted by atomic mass is 10.1. The second kappa shape index (κ2) is 10.7. The van der Waals surface area contributed by atoms with Crippen molar-refractivity contribution in [2.75, 3.05) is 13.7 Å². The quantitative estimate of drug-likeness (QED) is 0.393. The van der Waals surface area contributed by atoms with Crippen LogP contribution in [0.2, 0.25) is 0 Å². The summed E-state index contributed by atoms with van der Waals surface area (Å²) in [4.78, 5) is 10.8. The Morgan fingerprint density at radius 1 is 1.10 bits per heavy atom. The van der Waals surface area contributed by atoms with Crippen LogP contribution in [0.25, 0.3) is 0 Å². The fourth-order valence-corrected chi connectivity index (χ4v) is 2.76. The summed E-state index contributed by atoms with van der Waals surface area (Å²) in [7, 11) is 1.58. The van der Waals surface area contributed by atoms with Crippen LogP contribution in [0.5, 0.6) is 11.5 Å². The number of carbonyl (C=O) groups is 1. The largest absolute Gasteiger partial charge is 0.493 e. The molecule has 0 heterocycles.